The molecule has 4 atom stereocenters. The fraction of sp³-hybridized carbons (Fsp3) is 0.778. The summed E-state index contributed by atoms with van der Waals surface area (Å²) in [4.78, 5) is 24.4. The number of aliphatic hydroxyl groups is 2. The van der Waals surface area contributed by atoms with Crippen molar-refractivity contribution in [3.8, 4) is 0 Å². The first kappa shape index (κ1) is 19.8. The van der Waals surface area contributed by atoms with E-state index in [1.165, 1.54) is 13.0 Å². The summed E-state index contributed by atoms with van der Waals surface area (Å²) in [6, 6.07) is 0. The van der Waals surface area contributed by atoms with Crippen LogP contribution in [0.25, 0.3) is 0 Å². The molecule has 0 radical (unpaired) electrons. The molecule has 1 rings (SSSR count). The zero-order chi connectivity index (χ0) is 17.8. The summed E-state index contributed by atoms with van der Waals surface area (Å²) < 4.78 is 5.17. The molecule has 0 aliphatic carbocycles. The average Bonchev–Trinajstić information content (AvgIpc) is 2.41. The number of carbonyl (C=O) groups excluding carboxylic acids is 2. The molecule has 0 amide bonds. The molecule has 0 saturated carbocycles. The molecule has 5 nitrogen and oxygen atoms in total. The van der Waals surface area contributed by atoms with Gasteiger partial charge in [-0.3, -0.25) is 9.59 Å². The molecule has 2 N–H and O–H groups in total. The molecule has 1 aliphatic rings. The molecule has 0 bridgehead atoms. The van der Waals surface area contributed by atoms with Crippen molar-refractivity contribution in [2.45, 2.75) is 71.5 Å². The number of esters is 1. The lowest BCUT2D eigenvalue weighted by Crippen LogP contribution is -2.34. The van der Waals surface area contributed by atoms with Crippen LogP contribution >= 0.6 is 0 Å². The lowest BCUT2D eigenvalue weighted by Gasteiger charge is -2.28. The fourth-order valence-corrected chi connectivity index (χ4v) is 3.09. The Balaban J connectivity index is 3.03. The molecule has 1 unspecified atom stereocenters. The number of ether oxygens (including phenoxy) is 1. The van der Waals surface area contributed by atoms with E-state index in [0.717, 1.165) is 0 Å². The highest BCUT2D eigenvalue weighted by Gasteiger charge is 2.30. The first-order valence-corrected chi connectivity index (χ1v) is 8.28. The van der Waals surface area contributed by atoms with Gasteiger partial charge in [-0.15, -0.1) is 0 Å². The largest absolute Gasteiger partial charge is 0.462 e. The van der Waals surface area contributed by atoms with Crippen molar-refractivity contribution in [2.24, 2.45) is 11.8 Å². The van der Waals surface area contributed by atoms with Crippen molar-refractivity contribution in [3.05, 3.63) is 11.6 Å². The number of ketones is 1. The second-order valence-corrected chi connectivity index (χ2v) is 7.55. The van der Waals surface area contributed by atoms with Crippen LogP contribution in [0.5, 0.6) is 0 Å². The summed E-state index contributed by atoms with van der Waals surface area (Å²) in [7, 11) is 0. The van der Waals surface area contributed by atoms with Crippen LogP contribution in [0.4, 0.5) is 0 Å². The average molecular weight is 326 g/mol. The lowest BCUT2D eigenvalue weighted by molar-refractivity contribution is -0.153. The van der Waals surface area contributed by atoms with Crippen LogP contribution in [0.1, 0.15) is 60.3 Å². The quantitative estimate of drug-likeness (QED) is 0.668. The van der Waals surface area contributed by atoms with E-state index in [-0.39, 0.29) is 30.2 Å². The molecule has 0 spiro atoms. The van der Waals surface area contributed by atoms with E-state index in [4.69, 9.17) is 4.74 Å². The Bertz CT molecular complexity index is 476. The van der Waals surface area contributed by atoms with E-state index in [9.17, 15) is 19.8 Å². The van der Waals surface area contributed by atoms with Gasteiger partial charge in [0.1, 0.15) is 12.2 Å². The minimum atomic E-state index is -1.39. The van der Waals surface area contributed by atoms with E-state index in [2.05, 4.69) is 0 Å². The lowest BCUT2D eigenvalue weighted by atomic mass is 9.83. The Morgan fingerprint density at radius 2 is 1.78 bits per heavy atom. The first-order valence-electron chi connectivity index (χ1n) is 8.28. The van der Waals surface area contributed by atoms with Gasteiger partial charge >= 0.3 is 5.97 Å². The number of Topliss-reactive ketones (excluding diaryl/α,β-unsaturated/α-hetero) is 1. The Kier molecular flexibility index (Phi) is 6.54. The van der Waals surface area contributed by atoms with Crippen molar-refractivity contribution in [1.29, 1.82) is 0 Å². The summed E-state index contributed by atoms with van der Waals surface area (Å²) in [6.07, 6.45) is 3.61. The minimum Gasteiger partial charge on any atom is -0.462 e. The maximum atomic E-state index is 12.4. The van der Waals surface area contributed by atoms with E-state index in [1.54, 1.807) is 27.7 Å². The molecule has 0 saturated heterocycles. The summed E-state index contributed by atoms with van der Waals surface area (Å²) in [6.45, 7) is 8.27. The highest BCUT2D eigenvalue weighted by Crippen LogP contribution is 2.27. The Morgan fingerprint density at radius 1 is 1.17 bits per heavy atom. The molecular formula is C18H30O5. The van der Waals surface area contributed by atoms with Crippen molar-refractivity contribution in [3.63, 3.8) is 0 Å². The van der Waals surface area contributed by atoms with Crippen LogP contribution in [0.2, 0.25) is 0 Å². The maximum Gasteiger partial charge on any atom is 0.308 e. The van der Waals surface area contributed by atoms with Crippen LogP contribution in [0, 0.1) is 11.8 Å². The predicted octanol–water partition coefficient (Wildman–Crippen LogP) is 2.39. The number of carbonyl (C=O) groups is 2. The molecule has 0 aromatic heterocycles. The molecule has 0 aromatic carbocycles. The van der Waals surface area contributed by atoms with Gasteiger partial charge in [-0.1, -0.05) is 13.8 Å². The monoisotopic (exact) mass is 326 g/mol. The number of rotatable bonds is 0. The molecule has 0 fully saturated rings. The number of allylic oxidation sites excluding steroid dienone is 1. The topological polar surface area (TPSA) is 83.8 Å². The van der Waals surface area contributed by atoms with Crippen LogP contribution in [-0.4, -0.2) is 39.8 Å². The van der Waals surface area contributed by atoms with Crippen molar-refractivity contribution in [1.82, 2.24) is 0 Å². The van der Waals surface area contributed by atoms with E-state index < -0.39 is 11.2 Å². The normalized spacial score (nSPS) is 40.7. The zero-order valence-corrected chi connectivity index (χ0v) is 14.9. The van der Waals surface area contributed by atoms with Crippen LogP contribution in [0.15, 0.2) is 11.6 Å². The van der Waals surface area contributed by atoms with Crippen LogP contribution in [0.3, 0.4) is 0 Å². The van der Waals surface area contributed by atoms with Crippen molar-refractivity contribution in [2.75, 3.05) is 6.61 Å². The van der Waals surface area contributed by atoms with Gasteiger partial charge in [-0.2, -0.15) is 0 Å². The third kappa shape index (κ3) is 6.43. The highest BCUT2D eigenvalue weighted by molar-refractivity contribution is 5.96. The molecule has 1 aliphatic heterocycles. The smallest absolute Gasteiger partial charge is 0.308 e. The Labute approximate surface area is 138 Å². The van der Waals surface area contributed by atoms with Gasteiger partial charge in [0.25, 0.3) is 0 Å². The highest BCUT2D eigenvalue weighted by atomic mass is 16.5. The number of hydrogen-bond donors (Lipinski definition) is 2. The van der Waals surface area contributed by atoms with E-state index in [0.29, 0.717) is 31.3 Å². The van der Waals surface area contributed by atoms with Gasteiger partial charge in [0.05, 0.1) is 11.5 Å². The van der Waals surface area contributed by atoms with Gasteiger partial charge in [0.15, 0.2) is 5.78 Å². The van der Waals surface area contributed by atoms with Crippen molar-refractivity contribution < 1.29 is 24.5 Å². The molecule has 5 heteroatoms. The van der Waals surface area contributed by atoms with E-state index >= 15 is 0 Å². The molecule has 0 aromatic rings. The van der Waals surface area contributed by atoms with Crippen LogP contribution < -0.4 is 0 Å². The van der Waals surface area contributed by atoms with Gasteiger partial charge in [0, 0.05) is 5.92 Å². The summed E-state index contributed by atoms with van der Waals surface area (Å²) in [5.41, 5.74) is -1.92. The predicted molar refractivity (Wildman–Crippen MR) is 87.8 cm³/mol. The first-order chi connectivity index (χ1) is 10.4. The standard InChI is InChI=1S/C18H30O5/c1-12-7-6-8-17(4,21)9-13(2)15(19)14(3)10-18(5,22)11-23-16(12)20/h10,12-13,21-22H,6-9,11H2,1-5H3/b14-10+/t12?,13-,17+,18+/m1/s1. The number of cyclic esters (lactones) is 1. The summed E-state index contributed by atoms with van der Waals surface area (Å²) >= 11 is 0. The zero-order valence-electron chi connectivity index (χ0n) is 14.9. The second-order valence-electron chi connectivity index (χ2n) is 7.55. The van der Waals surface area contributed by atoms with Crippen LogP contribution in [-0.2, 0) is 14.3 Å². The summed E-state index contributed by atoms with van der Waals surface area (Å²) in [5.74, 6) is -1.09. The Morgan fingerprint density at radius 3 is 2.39 bits per heavy atom. The SMILES string of the molecule is C/C1=C\[C@](C)(O)COC(=O)C(C)CCC[C@](C)(O)C[C@@H](C)C1=O. The fourth-order valence-electron chi connectivity index (χ4n) is 3.09. The maximum absolute atomic E-state index is 12.4. The number of hydrogen-bond acceptors (Lipinski definition) is 5. The second kappa shape index (κ2) is 7.58. The summed E-state index contributed by atoms with van der Waals surface area (Å²) in [5, 5.41) is 20.8. The van der Waals surface area contributed by atoms with Gasteiger partial charge in [0.2, 0.25) is 0 Å². The molecular weight excluding hydrogens is 296 g/mol. The molecule has 1 heterocycles. The molecule has 132 valence electrons. The van der Waals surface area contributed by atoms with Gasteiger partial charge < -0.3 is 14.9 Å². The third-order valence-electron chi connectivity index (χ3n) is 4.37. The van der Waals surface area contributed by atoms with Crippen molar-refractivity contribution >= 4 is 11.8 Å². The third-order valence-corrected chi connectivity index (χ3v) is 4.37. The van der Waals surface area contributed by atoms with E-state index in [1.807, 2.05) is 0 Å². The Hall–Kier alpha value is -1.20. The van der Waals surface area contributed by atoms with Gasteiger partial charge in [-0.25, -0.2) is 0 Å². The van der Waals surface area contributed by atoms with Gasteiger partial charge in [-0.05, 0) is 58.1 Å². The molecule has 23 heavy (non-hydrogen) atoms. The minimum absolute atomic E-state index is 0.109.